The van der Waals surface area contributed by atoms with Gasteiger partial charge >= 0.3 is 5.97 Å². The van der Waals surface area contributed by atoms with Gasteiger partial charge in [0.2, 0.25) is 0 Å². The van der Waals surface area contributed by atoms with Crippen LogP contribution in [0, 0.1) is 6.92 Å². The molecule has 41 heavy (non-hydrogen) atoms. The van der Waals surface area contributed by atoms with Crippen LogP contribution in [0.4, 0.5) is 0 Å². The maximum absolute atomic E-state index is 12.9. The molecule has 0 radical (unpaired) electrons. The molecular weight excluding hydrogens is 540 g/mol. The van der Waals surface area contributed by atoms with Crippen LogP contribution in [0.15, 0.2) is 45.6 Å². The van der Waals surface area contributed by atoms with Crippen molar-refractivity contribution in [3.63, 3.8) is 0 Å². The van der Waals surface area contributed by atoms with Crippen LogP contribution in [0.5, 0.6) is 17.2 Å². The zero-order chi connectivity index (χ0) is 30.0. The summed E-state index contributed by atoms with van der Waals surface area (Å²) in [5.74, 6) is -1.38. The Morgan fingerprint density at radius 3 is 2.44 bits per heavy atom. The first-order chi connectivity index (χ1) is 19.4. The highest BCUT2D eigenvalue weighted by Gasteiger charge is 2.46. The number of benzene rings is 2. The summed E-state index contributed by atoms with van der Waals surface area (Å²) in [6.45, 7) is 2.33. The minimum atomic E-state index is -1.79. The number of phenols is 2. The molecule has 1 saturated heterocycles. The van der Waals surface area contributed by atoms with Crippen LogP contribution in [0.25, 0.3) is 17.0 Å². The smallest absolute Gasteiger partial charge is 0.330 e. The first-order valence-corrected chi connectivity index (χ1v) is 12.6. The molecule has 5 atom stereocenters. The number of hydrogen-bond acceptors (Lipinski definition) is 12. The fourth-order valence-corrected chi connectivity index (χ4v) is 4.69. The lowest BCUT2D eigenvalue weighted by Gasteiger charge is -2.40. The number of aromatic hydroxyl groups is 2. The highest BCUT2D eigenvalue weighted by molar-refractivity contribution is 5.87. The van der Waals surface area contributed by atoms with Gasteiger partial charge in [0.15, 0.2) is 16.9 Å². The number of aliphatic hydroxyl groups excluding tert-OH is 3. The first kappa shape index (κ1) is 29.7. The van der Waals surface area contributed by atoms with E-state index in [9.17, 15) is 39.9 Å². The average molecular weight is 571 g/mol. The number of ketones is 1. The van der Waals surface area contributed by atoms with Gasteiger partial charge in [-0.05, 0) is 49.2 Å². The third-order valence-electron chi connectivity index (χ3n) is 6.69. The molecule has 4 rings (SSSR count). The number of carbonyl (C=O) groups is 2. The molecule has 1 aliphatic heterocycles. The summed E-state index contributed by atoms with van der Waals surface area (Å²) >= 11 is 0. The average Bonchev–Trinajstić information content (AvgIpc) is 2.91. The highest BCUT2D eigenvalue weighted by Crippen LogP contribution is 2.41. The van der Waals surface area contributed by atoms with Crippen LogP contribution in [-0.4, -0.2) is 75.4 Å². The number of carbonyl (C=O) groups excluding carboxylic acids is 2. The highest BCUT2D eigenvalue weighted by atomic mass is 16.6. The fraction of sp³-hybridized carbons (Fsp3) is 0.345. The Morgan fingerprint density at radius 2 is 1.76 bits per heavy atom. The van der Waals surface area contributed by atoms with Crippen LogP contribution in [0.3, 0.4) is 0 Å². The lowest BCUT2D eigenvalue weighted by atomic mass is 9.89. The van der Waals surface area contributed by atoms with E-state index in [-0.39, 0.29) is 46.0 Å². The molecule has 5 N–H and O–H groups in total. The zero-order valence-corrected chi connectivity index (χ0v) is 22.4. The Hall–Kier alpha value is -4.23. The molecule has 12 nitrogen and oxygen atoms in total. The molecule has 1 aliphatic rings. The van der Waals surface area contributed by atoms with Gasteiger partial charge in [-0.1, -0.05) is 6.07 Å². The van der Waals surface area contributed by atoms with E-state index >= 15 is 0 Å². The van der Waals surface area contributed by atoms with Gasteiger partial charge in [-0.3, -0.25) is 9.59 Å². The predicted octanol–water partition coefficient (Wildman–Crippen LogP) is 1.43. The Morgan fingerprint density at radius 1 is 1.02 bits per heavy atom. The molecule has 0 amide bonds. The van der Waals surface area contributed by atoms with Gasteiger partial charge in [0.1, 0.15) is 60.0 Å². The number of rotatable bonds is 8. The normalized spacial score (nSPS) is 22.6. The molecule has 0 spiro atoms. The predicted molar refractivity (Wildman–Crippen MR) is 144 cm³/mol. The maximum Gasteiger partial charge on any atom is 0.330 e. The molecule has 12 heteroatoms. The second-order valence-electron chi connectivity index (χ2n) is 9.75. The number of phenolic OH excluding ortho intramolecular Hbond substituents is 2. The molecule has 218 valence electrons. The molecule has 0 unspecified atom stereocenters. The molecule has 0 aliphatic carbocycles. The molecule has 1 aromatic heterocycles. The summed E-state index contributed by atoms with van der Waals surface area (Å²) in [4.78, 5) is 36.9. The number of ether oxygens (including phenoxy) is 3. The molecular formula is C29H30O12. The molecule has 0 bridgehead atoms. The number of hydrogen-bond donors (Lipinski definition) is 5. The van der Waals surface area contributed by atoms with E-state index in [4.69, 9.17) is 18.6 Å². The van der Waals surface area contributed by atoms with Crippen molar-refractivity contribution in [2.45, 2.75) is 50.8 Å². The van der Waals surface area contributed by atoms with E-state index in [2.05, 4.69) is 0 Å². The summed E-state index contributed by atoms with van der Waals surface area (Å²) in [6, 6.07) is 6.85. The quantitative estimate of drug-likeness (QED) is 0.194. The van der Waals surface area contributed by atoms with E-state index in [0.717, 1.165) is 6.08 Å². The number of Topliss-reactive ketones (excluding diaryl/α,β-unsaturated/α-hetero) is 1. The third kappa shape index (κ3) is 6.25. The summed E-state index contributed by atoms with van der Waals surface area (Å²) in [5.41, 5.74) is 0.0666. The lowest BCUT2D eigenvalue weighted by molar-refractivity contribution is -0.234. The van der Waals surface area contributed by atoms with Crippen molar-refractivity contribution < 1.29 is 53.7 Å². The Bertz CT molecular complexity index is 1560. The van der Waals surface area contributed by atoms with Gasteiger partial charge in [-0.2, -0.15) is 0 Å². The van der Waals surface area contributed by atoms with Crippen molar-refractivity contribution in [1.29, 1.82) is 0 Å². The van der Waals surface area contributed by atoms with E-state index < -0.39 is 54.3 Å². The summed E-state index contributed by atoms with van der Waals surface area (Å²) in [5, 5.41) is 52.5. The van der Waals surface area contributed by atoms with E-state index in [1.165, 1.54) is 50.4 Å². The minimum absolute atomic E-state index is 0.0237. The van der Waals surface area contributed by atoms with Crippen LogP contribution in [0.1, 0.15) is 35.5 Å². The number of methoxy groups -OCH3 is 1. The SMILES string of the molecule is COc1cc(/C=C/C(=O)OC[C@@H]2O[C@H](c3c(O)cc(C)c4c(=O)cc(CC(C)=O)oc34)[C@@H](O)[C@@H](O)[C@@H]2O)ccc1O. The van der Waals surface area contributed by atoms with Crippen molar-refractivity contribution in [3.8, 4) is 17.2 Å². The Balaban J connectivity index is 1.60. The number of fused-ring (bicyclic) bond motifs is 1. The molecule has 3 aromatic rings. The van der Waals surface area contributed by atoms with Gasteiger partial charge in [-0.25, -0.2) is 4.79 Å². The van der Waals surface area contributed by atoms with Crippen LogP contribution >= 0.6 is 0 Å². The maximum atomic E-state index is 12.9. The summed E-state index contributed by atoms with van der Waals surface area (Å²) in [6.07, 6.45) is -5.82. The molecule has 2 heterocycles. The molecule has 1 fully saturated rings. The minimum Gasteiger partial charge on any atom is -0.507 e. The fourth-order valence-electron chi connectivity index (χ4n) is 4.69. The lowest BCUT2D eigenvalue weighted by Crippen LogP contribution is -2.55. The van der Waals surface area contributed by atoms with Crippen molar-refractivity contribution in [2.75, 3.05) is 13.7 Å². The van der Waals surface area contributed by atoms with Gasteiger partial charge < -0.3 is 44.2 Å². The third-order valence-corrected chi connectivity index (χ3v) is 6.69. The van der Waals surface area contributed by atoms with Crippen LogP contribution in [-0.2, 0) is 25.5 Å². The Kier molecular flexibility index (Phi) is 8.78. The largest absolute Gasteiger partial charge is 0.507 e. The molecule has 2 aromatic carbocycles. The first-order valence-electron chi connectivity index (χ1n) is 12.6. The van der Waals surface area contributed by atoms with Gasteiger partial charge in [-0.15, -0.1) is 0 Å². The second-order valence-corrected chi connectivity index (χ2v) is 9.75. The Labute approximate surface area is 233 Å². The van der Waals surface area contributed by atoms with Gasteiger partial charge in [0, 0.05) is 12.1 Å². The van der Waals surface area contributed by atoms with Crippen molar-refractivity contribution in [3.05, 3.63) is 69.1 Å². The number of aryl methyl sites for hydroxylation is 1. The van der Waals surface area contributed by atoms with Crippen molar-refractivity contribution in [2.24, 2.45) is 0 Å². The van der Waals surface area contributed by atoms with Crippen LogP contribution < -0.4 is 10.2 Å². The standard InChI is InChI=1S/C29H30O12/c1-13-8-18(32)24(28-23(13)19(33)11-16(40-28)9-14(2)30)29-27(37)26(36)25(35)21(41-29)12-39-22(34)7-5-15-4-6-17(31)20(10-15)38-3/h4-8,10-11,21,25-27,29,31-32,35-37H,9,12H2,1-3H3/b7-5+/t21-,25+,26-,27-,29+/m0/s1. The van der Waals surface area contributed by atoms with E-state index in [0.29, 0.717) is 11.1 Å². The van der Waals surface area contributed by atoms with Crippen molar-refractivity contribution >= 4 is 28.8 Å². The number of esters is 1. The zero-order valence-electron chi connectivity index (χ0n) is 22.4. The summed E-state index contributed by atoms with van der Waals surface area (Å²) < 4.78 is 21.8. The van der Waals surface area contributed by atoms with Crippen molar-refractivity contribution in [1.82, 2.24) is 0 Å². The molecule has 0 saturated carbocycles. The van der Waals surface area contributed by atoms with Crippen LogP contribution in [0.2, 0.25) is 0 Å². The topological polar surface area (TPSA) is 193 Å². The van der Waals surface area contributed by atoms with E-state index in [1.807, 2.05) is 0 Å². The second kappa shape index (κ2) is 12.1. The van der Waals surface area contributed by atoms with Gasteiger partial charge in [0.25, 0.3) is 0 Å². The number of aliphatic hydroxyl groups is 3. The van der Waals surface area contributed by atoms with E-state index in [1.54, 1.807) is 6.92 Å². The van der Waals surface area contributed by atoms with Gasteiger partial charge in [0.05, 0.1) is 24.5 Å². The summed E-state index contributed by atoms with van der Waals surface area (Å²) in [7, 11) is 1.38. The monoisotopic (exact) mass is 570 g/mol.